The van der Waals surface area contributed by atoms with Crippen molar-refractivity contribution in [2.24, 2.45) is 0 Å². The van der Waals surface area contributed by atoms with E-state index in [9.17, 15) is 4.79 Å². The second kappa shape index (κ2) is 7.67. The first-order valence-corrected chi connectivity index (χ1v) is 9.17. The highest BCUT2D eigenvalue weighted by Gasteiger charge is 2.21. The summed E-state index contributed by atoms with van der Waals surface area (Å²) in [5.41, 5.74) is 3.68. The van der Waals surface area contributed by atoms with Crippen molar-refractivity contribution in [1.29, 1.82) is 0 Å². The van der Waals surface area contributed by atoms with Crippen LogP contribution in [0.1, 0.15) is 17.8 Å². The number of methoxy groups -OCH3 is 1. The minimum absolute atomic E-state index is 0.0310. The van der Waals surface area contributed by atoms with E-state index in [0.717, 1.165) is 41.0 Å². The number of ether oxygens (including phenoxy) is 1. The van der Waals surface area contributed by atoms with Crippen molar-refractivity contribution in [2.45, 2.75) is 32.4 Å². The van der Waals surface area contributed by atoms with Crippen LogP contribution in [0.15, 0.2) is 42.9 Å². The van der Waals surface area contributed by atoms with Gasteiger partial charge in [-0.2, -0.15) is 5.10 Å². The van der Waals surface area contributed by atoms with Crippen LogP contribution < -0.4 is 15.4 Å². The molecule has 144 valence electrons. The van der Waals surface area contributed by atoms with Gasteiger partial charge >= 0.3 is 6.03 Å². The second-order valence-electron chi connectivity index (χ2n) is 6.81. The molecule has 2 aromatic heterocycles. The topological polar surface area (TPSA) is 94.0 Å². The van der Waals surface area contributed by atoms with Gasteiger partial charge in [0, 0.05) is 29.9 Å². The predicted molar refractivity (Wildman–Crippen MR) is 105 cm³/mol. The van der Waals surface area contributed by atoms with Gasteiger partial charge in [0.15, 0.2) is 0 Å². The number of amides is 2. The third-order valence-electron chi connectivity index (χ3n) is 4.91. The fourth-order valence-electron chi connectivity index (χ4n) is 3.31. The number of carbonyl (C=O) groups excluding carboxylic acids is 1. The summed E-state index contributed by atoms with van der Waals surface area (Å²) in [6.07, 6.45) is 4.97. The number of benzene rings is 1. The van der Waals surface area contributed by atoms with E-state index in [1.807, 2.05) is 41.9 Å². The number of nitrogens with one attached hydrogen (secondary N) is 2. The Morgan fingerprint density at radius 3 is 2.86 bits per heavy atom. The molecule has 1 aliphatic heterocycles. The summed E-state index contributed by atoms with van der Waals surface area (Å²) >= 11 is 0. The molecule has 0 saturated carbocycles. The lowest BCUT2D eigenvalue weighted by Gasteiger charge is -2.24. The van der Waals surface area contributed by atoms with E-state index < -0.39 is 0 Å². The molecule has 2 N–H and O–H groups in total. The minimum atomic E-state index is -0.221. The molecule has 3 heterocycles. The van der Waals surface area contributed by atoms with Crippen LogP contribution in [0.3, 0.4) is 0 Å². The summed E-state index contributed by atoms with van der Waals surface area (Å²) in [6.45, 7) is 2.60. The number of pyridine rings is 1. The first-order valence-electron chi connectivity index (χ1n) is 9.17. The number of urea groups is 1. The van der Waals surface area contributed by atoms with Crippen molar-refractivity contribution in [3.8, 4) is 17.0 Å². The Bertz CT molecular complexity index is 983. The van der Waals surface area contributed by atoms with Gasteiger partial charge in [-0.15, -0.1) is 0 Å². The Kier molecular flexibility index (Phi) is 4.92. The first kappa shape index (κ1) is 18.0. The first-order chi connectivity index (χ1) is 13.6. The van der Waals surface area contributed by atoms with Gasteiger partial charge in [0.2, 0.25) is 5.88 Å². The highest BCUT2D eigenvalue weighted by Crippen LogP contribution is 2.26. The average molecular weight is 378 g/mol. The van der Waals surface area contributed by atoms with Crippen LogP contribution in [0.5, 0.6) is 5.88 Å². The molecule has 4 rings (SSSR count). The lowest BCUT2D eigenvalue weighted by Crippen LogP contribution is -2.43. The highest BCUT2D eigenvalue weighted by molar-refractivity contribution is 5.91. The molecule has 0 saturated heterocycles. The van der Waals surface area contributed by atoms with Crippen LogP contribution in [-0.2, 0) is 13.0 Å². The van der Waals surface area contributed by atoms with Crippen molar-refractivity contribution in [1.82, 2.24) is 25.1 Å². The van der Waals surface area contributed by atoms with Gasteiger partial charge in [-0.1, -0.05) is 12.1 Å². The standard InChI is InChI=1S/C20H22N6O2/c1-13-3-4-14(15-5-8-19(28-2)21-10-15)9-17(13)25-20(27)24-16-6-7-18-22-12-23-26(18)11-16/h3-5,8-10,12,16H,6-7,11H2,1-2H3,(H2,24,25,27). The van der Waals surface area contributed by atoms with Gasteiger partial charge in [-0.25, -0.2) is 19.4 Å². The van der Waals surface area contributed by atoms with E-state index in [4.69, 9.17) is 4.74 Å². The zero-order valence-electron chi connectivity index (χ0n) is 15.8. The van der Waals surface area contributed by atoms with Gasteiger partial charge in [0.25, 0.3) is 0 Å². The third-order valence-corrected chi connectivity index (χ3v) is 4.91. The summed E-state index contributed by atoms with van der Waals surface area (Å²) in [6, 6.07) is 9.51. The molecule has 1 unspecified atom stereocenters. The summed E-state index contributed by atoms with van der Waals surface area (Å²) in [7, 11) is 1.59. The number of aryl methyl sites for hydroxylation is 2. The number of hydrogen-bond donors (Lipinski definition) is 2. The average Bonchev–Trinajstić information content (AvgIpc) is 3.17. The molecular weight excluding hydrogens is 356 g/mol. The maximum atomic E-state index is 12.5. The molecule has 3 aromatic rings. The molecule has 2 amide bonds. The number of hydrogen-bond acceptors (Lipinski definition) is 5. The van der Waals surface area contributed by atoms with Gasteiger partial charge in [0.1, 0.15) is 12.2 Å². The number of aromatic nitrogens is 4. The lowest BCUT2D eigenvalue weighted by atomic mass is 10.0. The second-order valence-corrected chi connectivity index (χ2v) is 6.81. The van der Waals surface area contributed by atoms with Crippen molar-refractivity contribution < 1.29 is 9.53 Å². The molecular formula is C20H22N6O2. The van der Waals surface area contributed by atoms with E-state index in [2.05, 4.69) is 25.7 Å². The van der Waals surface area contributed by atoms with E-state index in [1.165, 1.54) is 0 Å². The quantitative estimate of drug-likeness (QED) is 0.728. The normalized spacial score (nSPS) is 15.6. The molecule has 8 nitrogen and oxygen atoms in total. The number of nitrogens with zero attached hydrogens (tertiary/aromatic N) is 4. The van der Waals surface area contributed by atoms with Crippen LogP contribution in [-0.4, -0.2) is 38.9 Å². The molecule has 0 bridgehead atoms. The molecule has 0 aliphatic carbocycles. The Labute approximate surface area is 163 Å². The summed E-state index contributed by atoms with van der Waals surface area (Å²) in [5, 5.41) is 10.2. The van der Waals surface area contributed by atoms with E-state index in [-0.39, 0.29) is 12.1 Å². The van der Waals surface area contributed by atoms with E-state index in [1.54, 1.807) is 19.6 Å². The molecule has 1 aliphatic rings. The van der Waals surface area contributed by atoms with E-state index in [0.29, 0.717) is 12.4 Å². The maximum Gasteiger partial charge on any atom is 0.319 e. The molecule has 8 heteroatoms. The predicted octanol–water partition coefficient (Wildman–Crippen LogP) is 2.79. The zero-order chi connectivity index (χ0) is 19.5. The molecule has 0 fully saturated rings. The minimum Gasteiger partial charge on any atom is -0.481 e. The number of fused-ring (bicyclic) bond motifs is 1. The summed E-state index contributed by atoms with van der Waals surface area (Å²) in [4.78, 5) is 21.0. The summed E-state index contributed by atoms with van der Waals surface area (Å²) < 4.78 is 6.95. The Morgan fingerprint density at radius 1 is 1.21 bits per heavy atom. The van der Waals surface area contributed by atoms with Gasteiger partial charge < -0.3 is 15.4 Å². The van der Waals surface area contributed by atoms with Crippen LogP contribution in [0, 0.1) is 6.92 Å². The monoisotopic (exact) mass is 378 g/mol. The van der Waals surface area contributed by atoms with Crippen LogP contribution >= 0.6 is 0 Å². The van der Waals surface area contributed by atoms with Gasteiger partial charge in [-0.05, 0) is 36.6 Å². The number of rotatable bonds is 4. The fraction of sp³-hybridized carbons (Fsp3) is 0.300. The Hall–Kier alpha value is -3.42. The molecule has 1 aromatic carbocycles. The SMILES string of the molecule is COc1ccc(-c2ccc(C)c(NC(=O)NC3CCc4ncnn4C3)c2)cn1. The van der Waals surface area contributed by atoms with Crippen LogP contribution in [0.25, 0.3) is 11.1 Å². The zero-order valence-corrected chi connectivity index (χ0v) is 15.8. The molecule has 1 atom stereocenters. The summed E-state index contributed by atoms with van der Waals surface area (Å²) in [5.74, 6) is 1.53. The number of carbonyl (C=O) groups is 1. The van der Waals surface area contributed by atoms with Crippen LogP contribution in [0.2, 0.25) is 0 Å². The van der Waals surface area contributed by atoms with Crippen molar-refractivity contribution in [3.63, 3.8) is 0 Å². The van der Waals surface area contributed by atoms with Crippen molar-refractivity contribution in [2.75, 3.05) is 12.4 Å². The highest BCUT2D eigenvalue weighted by atomic mass is 16.5. The largest absolute Gasteiger partial charge is 0.481 e. The molecule has 0 spiro atoms. The Morgan fingerprint density at radius 2 is 2.07 bits per heavy atom. The number of anilines is 1. The Balaban J connectivity index is 1.44. The van der Waals surface area contributed by atoms with Crippen molar-refractivity contribution >= 4 is 11.7 Å². The van der Waals surface area contributed by atoms with E-state index >= 15 is 0 Å². The third kappa shape index (κ3) is 3.80. The fourth-order valence-corrected chi connectivity index (χ4v) is 3.31. The maximum absolute atomic E-state index is 12.5. The van der Waals surface area contributed by atoms with Crippen molar-refractivity contribution in [3.05, 3.63) is 54.2 Å². The lowest BCUT2D eigenvalue weighted by molar-refractivity contribution is 0.243. The van der Waals surface area contributed by atoms with Crippen LogP contribution in [0.4, 0.5) is 10.5 Å². The molecule has 0 radical (unpaired) electrons. The smallest absolute Gasteiger partial charge is 0.319 e. The van der Waals surface area contributed by atoms with Gasteiger partial charge in [0.05, 0.1) is 19.7 Å². The van der Waals surface area contributed by atoms with Gasteiger partial charge in [-0.3, -0.25) is 0 Å². The molecule has 28 heavy (non-hydrogen) atoms.